The minimum atomic E-state index is -0.270. The quantitative estimate of drug-likeness (QED) is 0.879. The smallest absolute Gasteiger partial charge is 0.148 e. The lowest BCUT2D eigenvalue weighted by Crippen LogP contribution is -2.21. The normalized spacial score (nSPS) is 15.9. The molecule has 1 aliphatic carbocycles. The summed E-state index contributed by atoms with van der Waals surface area (Å²) in [5, 5.41) is 1.66. The lowest BCUT2D eigenvalue weighted by Gasteiger charge is -2.07. The average Bonchev–Trinajstić information content (AvgIpc) is 2.97. The number of benzene rings is 1. The number of hydrogen-bond acceptors (Lipinski definition) is 3. The third-order valence-corrected chi connectivity index (χ3v) is 3.01. The van der Waals surface area contributed by atoms with Gasteiger partial charge in [-0.2, -0.15) is 0 Å². The highest BCUT2D eigenvalue weighted by Crippen LogP contribution is 2.40. The van der Waals surface area contributed by atoms with Gasteiger partial charge in [0.2, 0.25) is 0 Å². The van der Waals surface area contributed by atoms with Gasteiger partial charge in [0, 0.05) is 16.6 Å². The van der Waals surface area contributed by atoms with Gasteiger partial charge in [0.1, 0.15) is 5.82 Å². The number of nitrogens with zero attached hydrogens (tertiary/aromatic N) is 2. The highest BCUT2D eigenvalue weighted by molar-refractivity contribution is 6.31. The first-order valence-corrected chi connectivity index (χ1v) is 5.27. The number of rotatable bonds is 1. The van der Waals surface area contributed by atoms with Gasteiger partial charge in [0.15, 0.2) is 0 Å². The van der Waals surface area contributed by atoms with Gasteiger partial charge in [-0.05, 0) is 31.0 Å². The molecule has 17 heavy (non-hydrogen) atoms. The summed E-state index contributed by atoms with van der Waals surface area (Å²) in [4.78, 5) is 8.74. The zero-order valence-corrected chi connectivity index (χ0v) is 11.3. The van der Waals surface area contributed by atoms with E-state index in [0.717, 1.165) is 29.6 Å². The topological polar surface area (TPSA) is 51.8 Å². The second kappa shape index (κ2) is 4.94. The van der Waals surface area contributed by atoms with Crippen LogP contribution in [0.1, 0.15) is 18.7 Å². The SMILES string of the molecule is Cl.Cl.NC1(c2ncc3cc(Cl)ccc3n2)CC1. The Morgan fingerprint density at radius 1 is 1.24 bits per heavy atom. The molecular formula is C11H12Cl3N3. The summed E-state index contributed by atoms with van der Waals surface area (Å²) < 4.78 is 0. The molecule has 2 N–H and O–H groups in total. The predicted molar refractivity (Wildman–Crippen MR) is 74.1 cm³/mol. The van der Waals surface area contributed by atoms with Gasteiger partial charge >= 0.3 is 0 Å². The predicted octanol–water partition coefficient (Wildman–Crippen LogP) is 3.07. The molecule has 0 aliphatic heterocycles. The van der Waals surface area contributed by atoms with Crippen LogP contribution < -0.4 is 5.73 Å². The zero-order valence-electron chi connectivity index (χ0n) is 8.89. The van der Waals surface area contributed by atoms with E-state index in [1.54, 1.807) is 6.20 Å². The minimum absolute atomic E-state index is 0. The van der Waals surface area contributed by atoms with Crippen molar-refractivity contribution in [1.82, 2.24) is 9.97 Å². The molecule has 0 atom stereocenters. The molecule has 1 aliphatic rings. The maximum absolute atomic E-state index is 6.04. The number of nitrogens with two attached hydrogens (primary N) is 1. The van der Waals surface area contributed by atoms with E-state index >= 15 is 0 Å². The van der Waals surface area contributed by atoms with Crippen LogP contribution in [0.2, 0.25) is 5.02 Å². The van der Waals surface area contributed by atoms with E-state index < -0.39 is 0 Å². The molecule has 0 unspecified atom stereocenters. The third-order valence-electron chi connectivity index (χ3n) is 2.78. The van der Waals surface area contributed by atoms with Crippen molar-refractivity contribution in [2.75, 3.05) is 0 Å². The third kappa shape index (κ3) is 2.63. The number of hydrogen-bond donors (Lipinski definition) is 1. The first-order valence-electron chi connectivity index (χ1n) is 4.89. The zero-order chi connectivity index (χ0) is 10.5. The van der Waals surface area contributed by atoms with Crippen LogP contribution in [0.15, 0.2) is 24.4 Å². The molecule has 0 radical (unpaired) electrons. The monoisotopic (exact) mass is 291 g/mol. The molecule has 2 aromatic rings. The van der Waals surface area contributed by atoms with Crippen molar-refractivity contribution in [3.05, 3.63) is 35.2 Å². The molecule has 92 valence electrons. The summed E-state index contributed by atoms with van der Waals surface area (Å²) in [5.74, 6) is 0.748. The van der Waals surface area contributed by atoms with Crippen molar-refractivity contribution in [3.63, 3.8) is 0 Å². The van der Waals surface area contributed by atoms with Gasteiger partial charge in [-0.1, -0.05) is 11.6 Å². The lowest BCUT2D eigenvalue weighted by atomic mass is 10.2. The Labute approximate surface area is 117 Å². The van der Waals surface area contributed by atoms with Crippen molar-refractivity contribution in [2.24, 2.45) is 5.73 Å². The fourth-order valence-electron chi connectivity index (χ4n) is 1.60. The van der Waals surface area contributed by atoms with Crippen molar-refractivity contribution in [1.29, 1.82) is 0 Å². The number of fused-ring (bicyclic) bond motifs is 1. The summed E-state index contributed by atoms with van der Waals surface area (Å²) in [5.41, 5.74) is 6.67. The molecular weight excluding hydrogens is 281 g/mol. The van der Waals surface area contributed by atoms with E-state index in [-0.39, 0.29) is 30.4 Å². The maximum Gasteiger partial charge on any atom is 0.148 e. The first kappa shape index (κ1) is 14.5. The van der Waals surface area contributed by atoms with Crippen molar-refractivity contribution in [3.8, 4) is 0 Å². The molecule has 1 heterocycles. The highest BCUT2D eigenvalue weighted by atomic mass is 35.5. The largest absolute Gasteiger partial charge is 0.319 e. The molecule has 0 amide bonds. The van der Waals surface area contributed by atoms with Gasteiger partial charge in [0.05, 0.1) is 11.1 Å². The summed E-state index contributed by atoms with van der Waals surface area (Å²) in [6.07, 6.45) is 3.74. The van der Waals surface area contributed by atoms with E-state index in [1.165, 1.54) is 0 Å². The van der Waals surface area contributed by atoms with Crippen LogP contribution in [0.4, 0.5) is 0 Å². The van der Waals surface area contributed by atoms with Gasteiger partial charge in [-0.15, -0.1) is 24.8 Å². The van der Waals surface area contributed by atoms with Crippen LogP contribution in [0, 0.1) is 0 Å². The van der Waals surface area contributed by atoms with E-state index in [9.17, 15) is 0 Å². The van der Waals surface area contributed by atoms with Crippen LogP contribution in [0.25, 0.3) is 10.9 Å². The van der Waals surface area contributed by atoms with E-state index in [2.05, 4.69) is 9.97 Å². The molecule has 1 aromatic heterocycles. The van der Waals surface area contributed by atoms with Crippen molar-refractivity contribution in [2.45, 2.75) is 18.4 Å². The summed E-state index contributed by atoms with van der Waals surface area (Å²) in [6.45, 7) is 0. The summed E-state index contributed by atoms with van der Waals surface area (Å²) >= 11 is 5.88. The van der Waals surface area contributed by atoms with Crippen LogP contribution in [0.3, 0.4) is 0 Å². The summed E-state index contributed by atoms with van der Waals surface area (Å²) in [6, 6.07) is 5.59. The van der Waals surface area contributed by atoms with Crippen LogP contribution in [-0.4, -0.2) is 9.97 Å². The van der Waals surface area contributed by atoms with E-state index in [0.29, 0.717) is 5.02 Å². The van der Waals surface area contributed by atoms with Gasteiger partial charge < -0.3 is 5.73 Å². The van der Waals surface area contributed by atoms with E-state index in [1.807, 2.05) is 18.2 Å². The fraction of sp³-hybridized carbons (Fsp3) is 0.273. The molecule has 1 aromatic carbocycles. The van der Waals surface area contributed by atoms with Crippen LogP contribution in [0.5, 0.6) is 0 Å². The molecule has 3 rings (SSSR count). The molecule has 1 saturated carbocycles. The van der Waals surface area contributed by atoms with Crippen LogP contribution >= 0.6 is 36.4 Å². The molecule has 1 fully saturated rings. The number of aromatic nitrogens is 2. The Morgan fingerprint density at radius 2 is 1.94 bits per heavy atom. The van der Waals surface area contributed by atoms with Crippen molar-refractivity contribution < 1.29 is 0 Å². The van der Waals surface area contributed by atoms with Crippen LogP contribution in [-0.2, 0) is 5.54 Å². The second-order valence-electron chi connectivity index (χ2n) is 4.05. The fourth-order valence-corrected chi connectivity index (χ4v) is 1.78. The lowest BCUT2D eigenvalue weighted by molar-refractivity contribution is 0.677. The molecule has 0 spiro atoms. The summed E-state index contributed by atoms with van der Waals surface area (Å²) in [7, 11) is 0. The van der Waals surface area contributed by atoms with E-state index in [4.69, 9.17) is 17.3 Å². The Hall–Kier alpha value is -0.610. The van der Waals surface area contributed by atoms with Gasteiger partial charge in [-0.25, -0.2) is 9.97 Å². The Morgan fingerprint density at radius 3 is 2.59 bits per heavy atom. The minimum Gasteiger partial charge on any atom is -0.319 e. The molecule has 3 nitrogen and oxygen atoms in total. The second-order valence-corrected chi connectivity index (χ2v) is 4.49. The van der Waals surface area contributed by atoms with Gasteiger partial charge in [0.25, 0.3) is 0 Å². The standard InChI is InChI=1S/C11H10ClN3.2ClH/c12-8-1-2-9-7(5-8)6-14-10(15-9)11(13)3-4-11;;/h1-2,5-6H,3-4,13H2;2*1H. The number of halogens is 3. The average molecular weight is 293 g/mol. The first-order chi connectivity index (χ1) is 7.17. The molecule has 0 bridgehead atoms. The Kier molecular flexibility index (Phi) is 4.20. The Bertz CT molecular complexity index is 540. The Balaban J connectivity index is 0.000000722. The van der Waals surface area contributed by atoms with Gasteiger partial charge in [-0.3, -0.25) is 0 Å². The van der Waals surface area contributed by atoms with Crippen molar-refractivity contribution >= 4 is 47.3 Å². The highest BCUT2D eigenvalue weighted by Gasteiger charge is 2.43. The maximum atomic E-state index is 6.04. The molecule has 6 heteroatoms. The molecule has 0 saturated heterocycles.